The minimum absolute atomic E-state index is 0.0616. The third-order valence-electron chi connectivity index (χ3n) is 4.74. The van der Waals surface area contributed by atoms with Crippen LogP contribution in [0.1, 0.15) is 28.2 Å². The van der Waals surface area contributed by atoms with Crippen LogP contribution in [-0.4, -0.2) is 21.8 Å². The van der Waals surface area contributed by atoms with E-state index in [2.05, 4.69) is 9.71 Å². The summed E-state index contributed by atoms with van der Waals surface area (Å²) in [4.78, 5) is 5.01. The molecule has 0 saturated carbocycles. The summed E-state index contributed by atoms with van der Waals surface area (Å²) in [5.74, 6) is -0.266. The van der Waals surface area contributed by atoms with E-state index < -0.39 is 11.0 Å². The van der Waals surface area contributed by atoms with Crippen molar-refractivity contribution in [1.29, 1.82) is 5.41 Å². The van der Waals surface area contributed by atoms with E-state index in [4.69, 9.17) is 17.0 Å². The second-order valence-corrected chi connectivity index (χ2v) is 8.63. The number of rotatable bonds is 7. The first-order valence-corrected chi connectivity index (χ1v) is 11.1. The van der Waals surface area contributed by atoms with Gasteiger partial charge in [-0.25, -0.2) is 4.21 Å². The maximum Gasteiger partial charge on any atom is 0.203 e. The van der Waals surface area contributed by atoms with Gasteiger partial charge in [0.05, 0.1) is 11.4 Å². The average Bonchev–Trinajstić information content (AvgIpc) is 2.75. The maximum atomic E-state index is 12.5. The van der Waals surface area contributed by atoms with Gasteiger partial charge in [0.15, 0.2) is 11.0 Å². The Bertz CT molecular complexity index is 1050. The molecule has 6 heteroatoms. The predicted octanol–water partition coefficient (Wildman–Crippen LogP) is 5.36. The van der Waals surface area contributed by atoms with Crippen LogP contribution in [0.2, 0.25) is 0 Å². The largest absolute Gasteiger partial charge is 0.304 e. The summed E-state index contributed by atoms with van der Waals surface area (Å²) >= 11 is 6.24. The van der Waals surface area contributed by atoms with E-state index in [-0.39, 0.29) is 17.8 Å². The Morgan fingerprint density at radius 3 is 2.13 bits per heavy atom. The van der Waals surface area contributed by atoms with Crippen LogP contribution in [0, 0.1) is 19.3 Å². The zero-order valence-corrected chi connectivity index (χ0v) is 18.5. The molecule has 0 radical (unpaired) electrons. The van der Waals surface area contributed by atoms with E-state index in [9.17, 15) is 4.21 Å². The van der Waals surface area contributed by atoms with E-state index in [1.54, 1.807) is 12.1 Å². The number of halogens is 1. The molecule has 0 aliphatic carbocycles. The fraction of sp³-hybridized carbons (Fsp3) is 0.167. The highest BCUT2D eigenvalue weighted by atomic mass is 35.5. The summed E-state index contributed by atoms with van der Waals surface area (Å²) in [6, 6.07) is 25.1. The van der Waals surface area contributed by atoms with Crippen LogP contribution < -0.4 is 4.72 Å². The molecule has 30 heavy (non-hydrogen) atoms. The monoisotopic (exact) mass is 437 g/mol. The van der Waals surface area contributed by atoms with Crippen LogP contribution in [0.25, 0.3) is 0 Å². The van der Waals surface area contributed by atoms with Crippen molar-refractivity contribution in [2.45, 2.75) is 24.7 Å². The van der Waals surface area contributed by atoms with Crippen molar-refractivity contribution in [2.24, 2.45) is 4.99 Å². The van der Waals surface area contributed by atoms with Crippen molar-refractivity contribution in [2.75, 3.05) is 6.54 Å². The molecule has 2 N–H and O–H groups in total. The Morgan fingerprint density at radius 2 is 1.53 bits per heavy atom. The van der Waals surface area contributed by atoms with Crippen molar-refractivity contribution in [1.82, 2.24) is 4.72 Å². The zero-order chi connectivity index (χ0) is 21.5. The van der Waals surface area contributed by atoms with Crippen LogP contribution in [0.4, 0.5) is 0 Å². The van der Waals surface area contributed by atoms with E-state index in [1.807, 2.05) is 80.6 Å². The van der Waals surface area contributed by atoms with Crippen LogP contribution in [-0.2, 0) is 11.0 Å². The summed E-state index contributed by atoms with van der Waals surface area (Å²) in [7, 11) is -1.50. The van der Waals surface area contributed by atoms with Gasteiger partial charge < -0.3 is 5.41 Å². The summed E-state index contributed by atoms with van der Waals surface area (Å²) in [5.41, 5.74) is 4.53. The third-order valence-corrected chi connectivity index (χ3v) is 6.14. The molecule has 154 valence electrons. The van der Waals surface area contributed by atoms with Gasteiger partial charge in [0.2, 0.25) is 5.29 Å². The Balaban J connectivity index is 1.77. The number of nitrogens with zero attached hydrogens (tertiary/aromatic N) is 1. The molecule has 0 aliphatic rings. The van der Waals surface area contributed by atoms with Crippen molar-refractivity contribution in [3.63, 3.8) is 0 Å². The normalized spacial score (nSPS) is 13.5. The smallest absolute Gasteiger partial charge is 0.203 e. The predicted molar refractivity (Wildman–Crippen MR) is 126 cm³/mol. The molecule has 0 bridgehead atoms. The lowest BCUT2D eigenvalue weighted by Gasteiger charge is -2.17. The number of hydrogen-bond donors (Lipinski definition) is 2. The van der Waals surface area contributed by atoms with Gasteiger partial charge in [0, 0.05) is 11.6 Å². The molecule has 0 saturated heterocycles. The molecule has 0 aromatic heterocycles. The van der Waals surface area contributed by atoms with Gasteiger partial charge in [-0.1, -0.05) is 77.9 Å². The maximum absolute atomic E-state index is 12.5. The lowest BCUT2D eigenvalue weighted by Crippen LogP contribution is -2.23. The zero-order valence-electron chi connectivity index (χ0n) is 16.9. The summed E-state index contributed by atoms with van der Waals surface area (Å²) in [6.45, 7) is 4.26. The highest BCUT2D eigenvalue weighted by molar-refractivity contribution is 7.83. The van der Waals surface area contributed by atoms with Gasteiger partial charge in [0.25, 0.3) is 0 Å². The minimum atomic E-state index is -1.50. The second kappa shape index (κ2) is 10.3. The molecular formula is C24H24ClN3OS. The molecule has 0 heterocycles. The molecular weight excluding hydrogens is 414 g/mol. The molecule has 3 aromatic rings. The Morgan fingerprint density at radius 1 is 0.967 bits per heavy atom. The topological polar surface area (TPSA) is 65.3 Å². The average molecular weight is 438 g/mol. The van der Waals surface area contributed by atoms with E-state index >= 15 is 0 Å². The fourth-order valence-electron chi connectivity index (χ4n) is 2.98. The number of nitrogens with one attached hydrogen (secondary N) is 2. The number of amidine groups is 1. The first-order valence-electron chi connectivity index (χ1n) is 9.59. The molecule has 3 rings (SSSR count). The molecule has 0 amide bonds. The lowest BCUT2D eigenvalue weighted by atomic mass is 9.90. The first-order chi connectivity index (χ1) is 14.4. The molecule has 4 nitrogen and oxygen atoms in total. The molecule has 2 atom stereocenters. The van der Waals surface area contributed by atoms with Gasteiger partial charge in [-0.3, -0.25) is 9.71 Å². The van der Waals surface area contributed by atoms with Crippen LogP contribution >= 0.6 is 11.6 Å². The lowest BCUT2D eigenvalue weighted by molar-refractivity contribution is 0.681. The van der Waals surface area contributed by atoms with E-state index in [1.165, 1.54) is 0 Å². The van der Waals surface area contributed by atoms with Crippen LogP contribution in [0.15, 0.2) is 88.8 Å². The van der Waals surface area contributed by atoms with Crippen molar-refractivity contribution >= 4 is 33.6 Å². The molecule has 2 unspecified atom stereocenters. The fourth-order valence-corrected chi connectivity index (χ4v) is 3.98. The SMILES string of the molecule is Cc1ccc(C(=N)C(CN=C(Cl)NS(=O)c2ccc(C)cc2)c2ccccc2)cc1. The van der Waals surface area contributed by atoms with Gasteiger partial charge in [0.1, 0.15) is 0 Å². The number of benzene rings is 3. The molecule has 0 spiro atoms. The number of aryl methyl sites for hydroxylation is 2. The molecule has 3 aromatic carbocycles. The van der Waals surface area contributed by atoms with Crippen molar-refractivity contribution < 1.29 is 4.21 Å². The Kier molecular flexibility index (Phi) is 7.55. The van der Waals surface area contributed by atoms with Gasteiger partial charge in [-0.2, -0.15) is 0 Å². The summed E-state index contributed by atoms with van der Waals surface area (Å²) in [5, 5.41) is 8.80. The van der Waals surface area contributed by atoms with Crippen molar-refractivity contribution in [3.8, 4) is 0 Å². The second-order valence-electron chi connectivity index (χ2n) is 7.06. The van der Waals surface area contributed by atoms with Crippen molar-refractivity contribution in [3.05, 3.63) is 101 Å². The first kappa shape index (κ1) is 21.9. The number of hydrogen-bond acceptors (Lipinski definition) is 3. The highest BCUT2D eigenvalue weighted by Crippen LogP contribution is 2.22. The Hall–Kier alpha value is -2.76. The molecule has 0 fully saturated rings. The highest BCUT2D eigenvalue weighted by Gasteiger charge is 2.19. The van der Waals surface area contributed by atoms with Gasteiger partial charge in [-0.15, -0.1) is 0 Å². The van der Waals surface area contributed by atoms with Crippen LogP contribution in [0.5, 0.6) is 0 Å². The summed E-state index contributed by atoms with van der Waals surface area (Å²) < 4.78 is 15.2. The quantitative estimate of drug-likeness (QED) is 0.291. The minimum Gasteiger partial charge on any atom is -0.304 e. The van der Waals surface area contributed by atoms with Crippen LogP contribution in [0.3, 0.4) is 0 Å². The third kappa shape index (κ3) is 5.88. The molecule has 0 aliphatic heterocycles. The van der Waals surface area contributed by atoms with E-state index in [0.717, 1.165) is 22.3 Å². The van der Waals surface area contributed by atoms with Gasteiger partial charge >= 0.3 is 0 Å². The Labute approximate surface area is 185 Å². The summed E-state index contributed by atoms with van der Waals surface area (Å²) in [6.07, 6.45) is 0. The van der Waals surface area contributed by atoms with E-state index in [0.29, 0.717) is 10.6 Å². The standard InChI is InChI=1S/C24H24ClN3OS/c1-17-8-12-20(13-9-17)23(26)22(19-6-4-3-5-7-19)16-27-24(25)28-30(29)21-14-10-18(2)11-15-21/h3-15,22,26H,16H2,1-2H3,(H,27,28). The van der Waals surface area contributed by atoms with Gasteiger partial charge in [-0.05, 0) is 48.7 Å². The number of aliphatic imine (C=N–C) groups is 1.